The Labute approximate surface area is 85.7 Å². The average molecular weight is 229 g/mol. The predicted octanol–water partition coefficient (Wildman–Crippen LogP) is -1.29. The van der Waals surface area contributed by atoms with Crippen LogP contribution in [-0.2, 0) is 9.37 Å². The fraction of sp³-hybridized carbons (Fsp3) is 1.00. The SMILES string of the molecule is OCC(O)(CO)NCCCSOOO. The fourth-order valence-electron chi connectivity index (χ4n) is 0.670. The topological polar surface area (TPSA) is 111 Å². The van der Waals surface area contributed by atoms with Gasteiger partial charge in [0.25, 0.3) is 0 Å². The van der Waals surface area contributed by atoms with Gasteiger partial charge in [-0.2, -0.15) is 0 Å². The van der Waals surface area contributed by atoms with Crippen molar-refractivity contribution in [2.75, 3.05) is 25.5 Å². The first kappa shape index (κ1) is 14.1. The molecule has 0 aliphatic rings. The zero-order chi connectivity index (χ0) is 10.9. The molecule has 86 valence electrons. The summed E-state index contributed by atoms with van der Waals surface area (Å²) in [5.74, 6) is 0.528. The van der Waals surface area contributed by atoms with Crippen LogP contribution in [0.2, 0.25) is 0 Å². The number of aliphatic hydroxyl groups excluding tert-OH is 2. The Morgan fingerprint density at radius 2 is 1.93 bits per heavy atom. The third-order valence-electron chi connectivity index (χ3n) is 1.46. The zero-order valence-corrected chi connectivity index (χ0v) is 8.37. The van der Waals surface area contributed by atoms with Gasteiger partial charge in [-0.05, 0) is 13.0 Å². The first-order valence-corrected chi connectivity index (χ1v) is 4.88. The van der Waals surface area contributed by atoms with Crippen LogP contribution in [-0.4, -0.2) is 51.8 Å². The van der Waals surface area contributed by atoms with Crippen molar-refractivity contribution >= 4 is 12.0 Å². The molecule has 0 radical (unpaired) electrons. The molecule has 0 aliphatic heterocycles. The molecule has 0 amide bonds. The maximum absolute atomic E-state index is 9.32. The number of hydrogen-bond donors (Lipinski definition) is 5. The molecule has 0 aliphatic carbocycles. The van der Waals surface area contributed by atoms with Crippen molar-refractivity contribution < 1.29 is 29.9 Å². The smallest absolute Gasteiger partial charge is 0.162 e. The van der Waals surface area contributed by atoms with E-state index in [0.717, 1.165) is 12.0 Å². The third-order valence-corrected chi connectivity index (χ3v) is 2.07. The molecule has 0 atom stereocenters. The molecular weight excluding hydrogens is 214 g/mol. The van der Waals surface area contributed by atoms with E-state index in [-0.39, 0.29) is 0 Å². The van der Waals surface area contributed by atoms with E-state index in [0.29, 0.717) is 18.7 Å². The Kier molecular flexibility index (Phi) is 8.43. The van der Waals surface area contributed by atoms with Crippen LogP contribution < -0.4 is 5.32 Å². The first-order valence-electron chi connectivity index (χ1n) is 3.97. The number of aliphatic hydroxyl groups is 3. The Morgan fingerprint density at radius 1 is 1.29 bits per heavy atom. The maximum atomic E-state index is 9.32. The molecule has 0 saturated carbocycles. The molecule has 0 unspecified atom stereocenters. The van der Waals surface area contributed by atoms with Crippen LogP contribution in [0.4, 0.5) is 0 Å². The summed E-state index contributed by atoms with van der Waals surface area (Å²) >= 11 is 0.900. The van der Waals surface area contributed by atoms with E-state index in [1.54, 1.807) is 0 Å². The lowest BCUT2D eigenvalue weighted by atomic mass is 10.2. The average Bonchev–Trinajstić information content (AvgIpc) is 2.23. The predicted molar refractivity (Wildman–Crippen MR) is 49.0 cm³/mol. The van der Waals surface area contributed by atoms with E-state index in [2.05, 4.69) is 14.7 Å². The van der Waals surface area contributed by atoms with E-state index < -0.39 is 18.9 Å². The number of hydrogen-bond acceptors (Lipinski definition) is 8. The summed E-state index contributed by atoms with van der Waals surface area (Å²) in [7, 11) is 0. The molecule has 0 heterocycles. The summed E-state index contributed by atoms with van der Waals surface area (Å²) < 4.78 is 4.10. The number of nitrogens with one attached hydrogen (secondary N) is 1. The molecule has 8 heteroatoms. The van der Waals surface area contributed by atoms with Crippen molar-refractivity contribution in [2.45, 2.75) is 12.1 Å². The molecule has 0 aromatic carbocycles. The van der Waals surface area contributed by atoms with Gasteiger partial charge in [-0.3, -0.25) is 5.32 Å². The molecule has 5 N–H and O–H groups in total. The normalized spacial score (nSPS) is 12.0. The van der Waals surface area contributed by atoms with Crippen LogP contribution in [0.25, 0.3) is 0 Å². The summed E-state index contributed by atoms with van der Waals surface area (Å²) in [5.41, 5.74) is -1.64. The van der Waals surface area contributed by atoms with E-state index in [1.165, 1.54) is 0 Å². The molecule has 14 heavy (non-hydrogen) atoms. The minimum Gasteiger partial charge on any atom is -0.392 e. The molecular formula is C6H15NO6S. The highest BCUT2D eigenvalue weighted by atomic mass is 32.2. The van der Waals surface area contributed by atoms with Crippen molar-refractivity contribution in [1.29, 1.82) is 0 Å². The van der Waals surface area contributed by atoms with Crippen LogP contribution >= 0.6 is 12.0 Å². The molecule has 7 nitrogen and oxygen atoms in total. The Bertz CT molecular complexity index is 133. The summed E-state index contributed by atoms with van der Waals surface area (Å²) in [5, 5.41) is 40.3. The van der Waals surface area contributed by atoms with Gasteiger partial charge < -0.3 is 15.3 Å². The van der Waals surface area contributed by atoms with E-state index in [4.69, 9.17) is 15.5 Å². The van der Waals surface area contributed by atoms with Crippen LogP contribution in [0, 0.1) is 0 Å². The monoisotopic (exact) mass is 229 g/mol. The summed E-state index contributed by atoms with van der Waals surface area (Å²) in [6.07, 6.45) is 0.607. The van der Waals surface area contributed by atoms with E-state index in [9.17, 15) is 5.11 Å². The van der Waals surface area contributed by atoms with Crippen molar-refractivity contribution in [1.82, 2.24) is 5.32 Å². The van der Waals surface area contributed by atoms with Crippen molar-refractivity contribution in [3.8, 4) is 0 Å². The molecule has 0 aromatic heterocycles. The van der Waals surface area contributed by atoms with Crippen LogP contribution in [0.1, 0.15) is 6.42 Å². The third kappa shape index (κ3) is 6.51. The van der Waals surface area contributed by atoms with Crippen molar-refractivity contribution in [3.05, 3.63) is 0 Å². The van der Waals surface area contributed by atoms with Crippen molar-refractivity contribution in [2.24, 2.45) is 0 Å². The highest BCUT2D eigenvalue weighted by Crippen LogP contribution is 2.04. The van der Waals surface area contributed by atoms with Gasteiger partial charge in [0, 0.05) is 17.8 Å². The lowest BCUT2D eigenvalue weighted by Gasteiger charge is -2.24. The first-order chi connectivity index (χ1) is 6.68. The highest BCUT2D eigenvalue weighted by Gasteiger charge is 2.23. The second kappa shape index (κ2) is 8.38. The lowest BCUT2D eigenvalue weighted by molar-refractivity contribution is -0.432. The molecule has 0 rings (SSSR count). The standard InChI is InChI=1S/C6H15NO6S/c8-4-6(10,5-9)7-2-1-3-14-13-12-11/h7-11H,1-5H2. The van der Waals surface area contributed by atoms with Gasteiger partial charge in [0.15, 0.2) is 5.72 Å². The quantitative estimate of drug-likeness (QED) is 0.109. The largest absolute Gasteiger partial charge is 0.392 e. The number of rotatable bonds is 9. The van der Waals surface area contributed by atoms with Gasteiger partial charge in [0.05, 0.1) is 13.2 Å². The van der Waals surface area contributed by atoms with Gasteiger partial charge >= 0.3 is 0 Å². The fourth-order valence-corrected chi connectivity index (χ4v) is 1.04. The van der Waals surface area contributed by atoms with Crippen molar-refractivity contribution in [3.63, 3.8) is 0 Å². The van der Waals surface area contributed by atoms with Gasteiger partial charge in [-0.25, -0.2) is 5.26 Å². The molecule has 0 saturated heterocycles. The molecule has 0 bridgehead atoms. The maximum Gasteiger partial charge on any atom is 0.162 e. The van der Waals surface area contributed by atoms with Crippen LogP contribution in [0.3, 0.4) is 0 Å². The molecule has 0 spiro atoms. The summed E-state index contributed by atoms with van der Waals surface area (Å²) in [6, 6.07) is 0. The van der Waals surface area contributed by atoms with Gasteiger partial charge in [0.2, 0.25) is 0 Å². The lowest BCUT2D eigenvalue weighted by Crippen LogP contribution is -2.52. The molecule has 0 fully saturated rings. The van der Waals surface area contributed by atoms with Crippen LogP contribution in [0.15, 0.2) is 0 Å². The Morgan fingerprint density at radius 3 is 2.43 bits per heavy atom. The van der Waals surface area contributed by atoms with Gasteiger partial charge in [-0.15, -0.1) is 4.33 Å². The minimum atomic E-state index is -1.64. The van der Waals surface area contributed by atoms with Gasteiger partial charge in [-0.1, -0.05) is 5.04 Å². The second-order valence-electron chi connectivity index (χ2n) is 2.59. The summed E-state index contributed by atoms with van der Waals surface area (Å²) in [6.45, 7) is -0.737. The van der Waals surface area contributed by atoms with E-state index in [1.807, 2.05) is 0 Å². The minimum absolute atomic E-state index is 0.388. The highest BCUT2D eigenvalue weighted by molar-refractivity contribution is 7.94. The Balaban J connectivity index is 3.34. The zero-order valence-electron chi connectivity index (χ0n) is 7.55. The van der Waals surface area contributed by atoms with E-state index >= 15 is 0 Å². The second-order valence-corrected chi connectivity index (χ2v) is 3.37. The summed E-state index contributed by atoms with van der Waals surface area (Å²) in [4.78, 5) is 0. The van der Waals surface area contributed by atoms with Crippen LogP contribution in [0.5, 0.6) is 0 Å². The Hall–Kier alpha value is 0.0700. The van der Waals surface area contributed by atoms with Gasteiger partial charge in [0.1, 0.15) is 0 Å². The molecule has 0 aromatic rings.